The molecule has 2 aromatic carbocycles. The van der Waals surface area contributed by atoms with Gasteiger partial charge in [0.15, 0.2) is 0 Å². The summed E-state index contributed by atoms with van der Waals surface area (Å²) in [7, 11) is 0. The first-order chi connectivity index (χ1) is 14.6. The van der Waals surface area contributed by atoms with Gasteiger partial charge in [-0.15, -0.1) is 5.10 Å². The molecule has 0 fully saturated rings. The maximum Gasteiger partial charge on any atom is 0.227 e. The van der Waals surface area contributed by atoms with Crippen LogP contribution in [0.3, 0.4) is 0 Å². The molecule has 2 N–H and O–H groups in total. The summed E-state index contributed by atoms with van der Waals surface area (Å²) in [5.74, 6) is 0.655. The number of aromatic nitrogens is 3. The van der Waals surface area contributed by atoms with Crippen LogP contribution in [0.25, 0.3) is 0 Å². The second-order valence-electron chi connectivity index (χ2n) is 7.35. The van der Waals surface area contributed by atoms with Crippen molar-refractivity contribution in [2.75, 3.05) is 5.32 Å². The van der Waals surface area contributed by atoms with Crippen LogP contribution in [0.1, 0.15) is 30.0 Å². The van der Waals surface area contributed by atoms with Gasteiger partial charge >= 0.3 is 0 Å². The zero-order valence-corrected chi connectivity index (χ0v) is 16.8. The minimum absolute atomic E-state index is 0.153. The minimum Gasteiger partial charge on any atom is -0.508 e. The molecule has 1 aliphatic carbocycles. The Bertz CT molecular complexity index is 1140. The molecule has 2 aliphatic rings. The topological polar surface area (TPSA) is 80.0 Å². The molecule has 5 rings (SSSR count). The Balaban J connectivity index is 1.51. The van der Waals surface area contributed by atoms with Crippen LogP contribution in [-0.4, -0.2) is 25.7 Å². The second kappa shape index (κ2) is 7.60. The third kappa shape index (κ3) is 3.37. The molecule has 1 aromatic heterocycles. The number of nitrogens with one attached hydrogen (secondary N) is 1. The van der Waals surface area contributed by atoms with Gasteiger partial charge in [0.1, 0.15) is 17.3 Å². The Hall–Kier alpha value is -3.13. The predicted molar refractivity (Wildman–Crippen MR) is 112 cm³/mol. The summed E-state index contributed by atoms with van der Waals surface area (Å²) in [4.78, 5) is 17.4. The van der Waals surface area contributed by atoms with Gasteiger partial charge in [0.25, 0.3) is 0 Å². The molecule has 8 heteroatoms. The number of phenols is 1. The SMILES string of the molecule is O=C1CCC=C2Nc3nc(SCc4ccccc4F)nn3C(c3ccc(O)cc3)C12. The van der Waals surface area contributed by atoms with E-state index in [-0.39, 0.29) is 29.3 Å². The lowest BCUT2D eigenvalue weighted by Crippen LogP contribution is -2.38. The normalized spacial score (nSPS) is 20.2. The zero-order chi connectivity index (χ0) is 20.7. The van der Waals surface area contributed by atoms with Crippen LogP contribution in [0.4, 0.5) is 10.3 Å². The van der Waals surface area contributed by atoms with E-state index in [9.17, 15) is 14.3 Å². The molecule has 0 spiro atoms. The van der Waals surface area contributed by atoms with Gasteiger partial charge in [-0.3, -0.25) is 4.79 Å². The average Bonchev–Trinajstić information content (AvgIpc) is 3.15. The molecule has 2 heterocycles. The summed E-state index contributed by atoms with van der Waals surface area (Å²) in [5.41, 5.74) is 2.30. The van der Waals surface area contributed by atoms with Gasteiger partial charge < -0.3 is 10.4 Å². The van der Waals surface area contributed by atoms with E-state index in [2.05, 4.69) is 15.4 Å². The van der Waals surface area contributed by atoms with E-state index in [0.29, 0.717) is 35.3 Å². The molecule has 0 amide bonds. The van der Waals surface area contributed by atoms with E-state index >= 15 is 0 Å². The maximum atomic E-state index is 13.9. The number of carbonyl (C=O) groups excluding carboxylic acids is 1. The Morgan fingerprint density at radius 3 is 2.80 bits per heavy atom. The third-order valence-electron chi connectivity index (χ3n) is 5.43. The third-order valence-corrected chi connectivity index (χ3v) is 6.32. The number of ketones is 1. The highest BCUT2D eigenvalue weighted by molar-refractivity contribution is 7.98. The van der Waals surface area contributed by atoms with Crippen molar-refractivity contribution < 1.29 is 14.3 Å². The summed E-state index contributed by atoms with van der Waals surface area (Å²) in [6.45, 7) is 0. The molecule has 2 atom stereocenters. The predicted octanol–water partition coefficient (Wildman–Crippen LogP) is 4.29. The minimum atomic E-state index is -0.373. The number of rotatable bonds is 4. The first kappa shape index (κ1) is 18.9. The lowest BCUT2D eigenvalue weighted by atomic mass is 9.81. The highest BCUT2D eigenvalue weighted by atomic mass is 32.2. The summed E-state index contributed by atoms with van der Waals surface area (Å²) in [6, 6.07) is 13.1. The fourth-order valence-electron chi connectivity index (χ4n) is 3.98. The van der Waals surface area contributed by atoms with Crippen LogP contribution >= 0.6 is 11.8 Å². The number of phenolic OH excluding ortho intramolecular Hbond substituents is 1. The Morgan fingerprint density at radius 2 is 2.00 bits per heavy atom. The second-order valence-corrected chi connectivity index (χ2v) is 8.29. The quantitative estimate of drug-likeness (QED) is 0.611. The Morgan fingerprint density at radius 1 is 1.20 bits per heavy atom. The van der Waals surface area contributed by atoms with Gasteiger partial charge in [-0.1, -0.05) is 48.2 Å². The number of benzene rings is 2. The standard InChI is InChI=1S/C22H19FN4O2S/c23-16-5-2-1-4-14(16)12-30-22-25-21-24-17-6-3-7-18(29)19(17)20(27(21)26-22)13-8-10-15(28)11-9-13/h1-2,4-6,8-11,19-20,28H,3,7,12H2,(H,24,25,26). The smallest absolute Gasteiger partial charge is 0.227 e. The fourth-order valence-corrected chi connectivity index (χ4v) is 4.79. The van der Waals surface area contributed by atoms with Crippen molar-refractivity contribution in [3.05, 3.63) is 77.2 Å². The molecule has 2 unspecified atom stereocenters. The van der Waals surface area contributed by atoms with Gasteiger partial charge in [0, 0.05) is 17.9 Å². The monoisotopic (exact) mass is 422 g/mol. The molecule has 0 bridgehead atoms. The lowest BCUT2D eigenvalue weighted by Gasteiger charge is -2.36. The Labute approximate surface area is 176 Å². The molecule has 0 saturated carbocycles. The van der Waals surface area contributed by atoms with E-state index in [1.54, 1.807) is 35.0 Å². The number of aromatic hydroxyl groups is 1. The number of anilines is 1. The molecule has 152 valence electrons. The van der Waals surface area contributed by atoms with Crippen molar-refractivity contribution >= 4 is 23.5 Å². The van der Waals surface area contributed by atoms with E-state index in [1.807, 2.05) is 18.2 Å². The maximum absolute atomic E-state index is 13.9. The van der Waals surface area contributed by atoms with Gasteiger partial charge in [-0.2, -0.15) is 4.98 Å². The summed E-state index contributed by atoms with van der Waals surface area (Å²) in [5, 5.41) is 18.1. The molecule has 3 aromatic rings. The number of thioether (sulfide) groups is 1. The Kier molecular flexibility index (Phi) is 4.78. The van der Waals surface area contributed by atoms with Crippen LogP contribution in [-0.2, 0) is 10.5 Å². The number of nitrogens with zero attached hydrogens (tertiary/aromatic N) is 3. The van der Waals surface area contributed by atoms with Crippen LogP contribution in [0, 0.1) is 11.7 Å². The number of fused-ring (bicyclic) bond motifs is 2. The zero-order valence-electron chi connectivity index (χ0n) is 16.0. The fraction of sp³-hybridized carbons (Fsp3) is 0.227. The van der Waals surface area contributed by atoms with Crippen molar-refractivity contribution in [3.63, 3.8) is 0 Å². The summed E-state index contributed by atoms with van der Waals surface area (Å²) in [6.07, 6.45) is 3.23. The highest BCUT2D eigenvalue weighted by Crippen LogP contribution is 2.42. The molecule has 30 heavy (non-hydrogen) atoms. The first-order valence-corrected chi connectivity index (χ1v) is 10.7. The van der Waals surface area contributed by atoms with Gasteiger partial charge in [-0.25, -0.2) is 9.07 Å². The molecular weight excluding hydrogens is 403 g/mol. The van der Waals surface area contributed by atoms with Crippen molar-refractivity contribution in [3.8, 4) is 5.75 Å². The van der Waals surface area contributed by atoms with Gasteiger partial charge in [0.2, 0.25) is 11.1 Å². The molecule has 6 nitrogen and oxygen atoms in total. The number of allylic oxidation sites excluding steroid dienone is 2. The van der Waals surface area contributed by atoms with E-state index in [4.69, 9.17) is 0 Å². The van der Waals surface area contributed by atoms with Crippen LogP contribution in [0.15, 0.2) is 65.5 Å². The van der Waals surface area contributed by atoms with E-state index < -0.39 is 0 Å². The van der Waals surface area contributed by atoms with Crippen LogP contribution in [0.5, 0.6) is 5.75 Å². The molecule has 1 aliphatic heterocycles. The van der Waals surface area contributed by atoms with Crippen molar-refractivity contribution in [2.45, 2.75) is 29.8 Å². The van der Waals surface area contributed by atoms with Crippen LogP contribution < -0.4 is 5.32 Å². The largest absolute Gasteiger partial charge is 0.508 e. The number of hydrogen-bond donors (Lipinski definition) is 2. The van der Waals surface area contributed by atoms with E-state index in [1.165, 1.54) is 17.8 Å². The molecule has 0 saturated heterocycles. The summed E-state index contributed by atoms with van der Waals surface area (Å²) >= 11 is 1.35. The van der Waals surface area contributed by atoms with Crippen molar-refractivity contribution in [1.82, 2.24) is 14.8 Å². The van der Waals surface area contributed by atoms with Crippen molar-refractivity contribution in [1.29, 1.82) is 0 Å². The lowest BCUT2D eigenvalue weighted by molar-refractivity contribution is -0.123. The molecular formula is C22H19FN4O2S. The number of halogens is 1. The van der Waals surface area contributed by atoms with Gasteiger partial charge in [-0.05, 0) is 35.7 Å². The number of hydrogen-bond acceptors (Lipinski definition) is 6. The first-order valence-electron chi connectivity index (χ1n) is 9.71. The van der Waals surface area contributed by atoms with E-state index in [0.717, 1.165) is 11.3 Å². The van der Waals surface area contributed by atoms with Gasteiger partial charge in [0.05, 0.1) is 12.0 Å². The van der Waals surface area contributed by atoms with Crippen molar-refractivity contribution in [2.24, 2.45) is 5.92 Å². The highest BCUT2D eigenvalue weighted by Gasteiger charge is 2.41. The number of Topliss-reactive ketones (excluding diaryl/α,β-unsaturated/α-hetero) is 1. The molecule has 0 radical (unpaired) electrons. The van der Waals surface area contributed by atoms with Crippen LogP contribution in [0.2, 0.25) is 0 Å². The number of carbonyl (C=O) groups is 1. The summed E-state index contributed by atoms with van der Waals surface area (Å²) < 4.78 is 15.7. The average molecular weight is 422 g/mol.